The van der Waals surface area contributed by atoms with Gasteiger partial charge in [-0.1, -0.05) is 104 Å². The fourth-order valence-electron chi connectivity index (χ4n) is 5.69. The van der Waals surface area contributed by atoms with Gasteiger partial charge in [-0.2, -0.15) is 0 Å². The lowest BCUT2D eigenvalue weighted by molar-refractivity contribution is -0.247. The maximum Gasteiger partial charge on any atom is 0.0663 e. The largest absolute Gasteiger partial charge is 0.374 e. The molecule has 0 spiro atoms. The van der Waals surface area contributed by atoms with Crippen molar-refractivity contribution in [3.63, 3.8) is 0 Å². The first kappa shape index (κ1) is 25.0. The highest BCUT2D eigenvalue weighted by molar-refractivity contribution is 5.05. The SMILES string of the molecule is CC(C)(C)CC1OC(C(C)(C)C)C(C(C)(C)C)C(C(C)(C)C)C1C(C)(C)C. The highest BCUT2D eigenvalue weighted by atomic mass is 16.5. The Bertz CT molecular complexity index is 481. The zero-order valence-electron chi connectivity index (χ0n) is 21.5. The molecule has 0 bridgehead atoms. The van der Waals surface area contributed by atoms with Gasteiger partial charge in [-0.3, -0.25) is 0 Å². The fourth-order valence-corrected chi connectivity index (χ4v) is 5.69. The lowest BCUT2D eigenvalue weighted by Crippen LogP contribution is -2.62. The molecule has 1 aliphatic heterocycles. The van der Waals surface area contributed by atoms with Crippen molar-refractivity contribution in [3.05, 3.63) is 0 Å². The molecule has 0 saturated carbocycles. The highest BCUT2D eigenvalue weighted by Gasteiger charge is 2.58. The van der Waals surface area contributed by atoms with Crippen molar-refractivity contribution in [1.29, 1.82) is 0 Å². The summed E-state index contributed by atoms with van der Waals surface area (Å²) in [6.07, 6.45) is 1.73. The minimum atomic E-state index is 0.139. The minimum absolute atomic E-state index is 0.139. The summed E-state index contributed by atoms with van der Waals surface area (Å²) in [4.78, 5) is 0. The van der Waals surface area contributed by atoms with E-state index in [0.717, 1.165) is 6.42 Å². The topological polar surface area (TPSA) is 9.23 Å². The van der Waals surface area contributed by atoms with E-state index in [1.807, 2.05) is 0 Å². The molecule has 1 fully saturated rings. The maximum atomic E-state index is 7.13. The molecule has 0 aromatic carbocycles. The van der Waals surface area contributed by atoms with Crippen LogP contribution in [0.5, 0.6) is 0 Å². The first-order valence-corrected chi connectivity index (χ1v) is 11.2. The van der Waals surface area contributed by atoms with Crippen LogP contribution in [-0.2, 0) is 4.74 Å². The molecule has 5 atom stereocenters. The first-order chi connectivity index (χ1) is 11.6. The van der Waals surface area contributed by atoms with Gasteiger partial charge in [-0.15, -0.1) is 0 Å². The van der Waals surface area contributed by atoms with Gasteiger partial charge in [0.05, 0.1) is 12.2 Å². The van der Waals surface area contributed by atoms with Gasteiger partial charge >= 0.3 is 0 Å². The minimum Gasteiger partial charge on any atom is -0.374 e. The van der Waals surface area contributed by atoms with E-state index in [2.05, 4.69) is 104 Å². The van der Waals surface area contributed by atoms with Crippen LogP contribution in [0.2, 0.25) is 0 Å². The standard InChI is InChI=1S/C26H52O/c1-22(2,3)16-17-18(23(4,5)6)19(24(7,8)9)20(25(10,11)12)21(27-17)26(13,14)15/h17-21H,16H2,1-15H3. The summed E-state index contributed by atoms with van der Waals surface area (Å²) in [7, 11) is 0. The van der Waals surface area contributed by atoms with Gasteiger partial charge < -0.3 is 4.74 Å². The van der Waals surface area contributed by atoms with Crippen LogP contribution in [0.15, 0.2) is 0 Å². The summed E-state index contributed by atoms with van der Waals surface area (Å²) >= 11 is 0. The molecule has 0 radical (unpaired) electrons. The van der Waals surface area contributed by atoms with Crippen molar-refractivity contribution in [2.45, 2.75) is 122 Å². The normalized spacial score (nSPS) is 31.9. The molecule has 1 heterocycles. The summed E-state index contributed by atoms with van der Waals surface area (Å²) in [6.45, 7) is 36.2. The molecule has 1 saturated heterocycles. The smallest absolute Gasteiger partial charge is 0.0663 e. The Balaban J connectivity index is 3.69. The number of rotatable bonds is 1. The highest BCUT2D eigenvalue weighted by Crippen LogP contribution is 2.59. The average molecular weight is 381 g/mol. The van der Waals surface area contributed by atoms with Crippen molar-refractivity contribution in [2.75, 3.05) is 0 Å². The quantitative estimate of drug-likeness (QED) is 0.445. The predicted molar refractivity (Wildman–Crippen MR) is 121 cm³/mol. The van der Waals surface area contributed by atoms with Crippen LogP contribution >= 0.6 is 0 Å². The van der Waals surface area contributed by atoms with Crippen molar-refractivity contribution in [3.8, 4) is 0 Å². The Kier molecular flexibility index (Phi) is 6.79. The zero-order valence-corrected chi connectivity index (χ0v) is 21.5. The molecule has 1 aliphatic rings. The van der Waals surface area contributed by atoms with Crippen molar-refractivity contribution >= 4 is 0 Å². The molecule has 27 heavy (non-hydrogen) atoms. The Morgan fingerprint density at radius 1 is 0.481 bits per heavy atom. The number of ether oxygens (including phenoxy) is 1. The molecule has 0 aliphatic carbocycles. The van der Waals surface area contributed by atoms with Crippen LogP contribution in [0.3, 0.4) is 0 Å². The summed E-state index contributed by atoms with van der Waals surface area (Å²) in [5.74, 6) is 1.72. The molecule has 0 aromatic heterocycles. The van der Waals surface area contributed by atoms with E-state index in [-0.39, 0.29) is 33.2 Å². The molecule has 0 amide bonds. The zero-order chi connectivity index (χ0) is 21.8. The van der Waals surface area contributed by atoms with Crippen LogP contribution < -0.4 is 0 Å². The molecule has 0 N–H and O–H groups in total. The third kappa shape index (κ3) is 6.22. The molecule has 1 rings (SSSR count). The third-order valence-electron chi connectivity index (χ3n) is 6.49. The summed E-state index contributed by atoms with van der Waals surface area (Å²) in [5, 5.41) is 0. The predicted octanol–water partition coefficient (Wildman–Crippen LogP) is 8.22. The van der Waals surface area contributed by atoms with Gasteiger partial charge in [0, 0.05) is 0 Å². The second-order valence-corrected chi connectivity index (χ2v) is 14.9. The van der Waals surface area contributed by atoms with Gasteiger partial charge in [-0.25, -0.2) is 0 Å². The molecular weight excluding hydrogens is 328 g/mol. The molecule has 1 heteroatoms. The van der Waals surface area contributed by atoms with E-state index >= 15 is 0 Å². The van der Waals surface area contributed by atoms with Crippen LogP contribution in [0.25, 0.3) is 0 Å². The average Bonchev–Trinajstić information content (AvgIpc) is 2.29. The summed E-state index contributed by atoms with van der Waals surface area (Å²) in [5.41, 5.74) is 1.10. The Labute approximate surface area is 172 Å². The fraction of sp³-hybridized carbons (Fsp3) is 1.00. The van der Waals surface area contributed by atoms with Gasteiger partial charge in [0.25, 0.3) is 0 Å². The first-order valence-electron chi connectivity index (χ1n) is 11.2. The van der Waals surface area contributed by atoms with E-state index in [1.54, 1.807) is 0 Å². The molecular formula is C26H52O. The monoisotopic (exact) mass is 380 g/mol. The van der Waals surface area contributed by atoms with Crippen LogP contribution in [-0.4, -0.2) is 12.2 Å². The van der Waals surface area contributed by atoms with Gasteiger partial charge in [0.2, 0.25) is 0 Å². The van der Waals surface area contributed by atoms with Crippen molar-refractivity contribution in [1.82, 2.24) is 0 Å². The lowest BCUT2D eigenvalue weighted by Gasteiger charge is -2.62. The van der Waals surface area contributed by atoms with Crippen LogP contribution in [0.4, 0.5) is 0 Å². The van der Waals surface area contributed by atoms with Crippen molar-refractivity contribution in [2.24, 2.45) is 44.8 Å². The maximum absolute atomic E-state index is 7.13. The number of hydrogen-bond donors (Lipinski definition) is 0. The van der Waals surface area contributed by atoms with E-state index in [1.165, 1.54) is 0 Å². The van der Waals surface area contributed by atoms with E-state index in [0.29, 0.717) is 23.9 Å². The van der Waals surface area contributed by atoms with E-state index in [4.69, 9.17) is 4.74 Å². The molecule has 5 unspecified atom stereocenters. The van der Waals surface area contributed by atoms with E-state index < -0.39 is 0 Å². The van der Waals surface area contributed by atoms with Gasteiger partial charge in [0.1, 0.15) is 0 Å². The summed E-state index contributed by atoms with van der Waals surface area (Å²) < 4.78 is 7.13. The Morgan fingerprint density at radius 3 is 1.11 bits per heavy atom. The molecule has 162 valence electrons. The van der Waals surface area contributed by atoms with Crippen molar-refractivity contribution < 1.29 is 4.74 Å². The third-order valence-corrected chi connectivity index (χ3v) is 6.49. The summed E-state index contributed by atoms with van der Waals surface area (Å²) in [6, 6.07) is 0. The second kappa shape index (κ2) is 7.33. The van der Waals surface area contributed by atoms with Gasteiger partial charge in [-0.05, 0) is 51.2 Å². The second-order valence-electron chi connectivity index (χ2n) is 14.9. The van der Waals surface area contributed by atoms with Gasteiger partial charge in [0.15, 0.2) is 0 Å². The lowest BCUT2D eigenvalue weighted by atomic mass is 9.49. The number of hydrogen-bond acceptors (Lipinski definition) is 1. The Hall–Kier alpha value is -0.0400. The Morgan fingerprint density at radius 2 is 0.852 bits per heavy atom. The molecule has 1 nitrogen and oxygen atoms in total. The van der Waals surface area contributed by atoms with E-state index in [9.17, 15) is 0 Å². The molecule has 0 aromatic rings. The van der Waals surface area contributed by atoms with Crippen LogP contribution in [0.1, 0.15) is 110 Å². The van der Waals surface area contributed by atoms with Crippen LogP contribution in [0, 0.1) is 44.8 Å².